The highest BCUT2D eigenvalue weighted by Crippen LogP contribution is 2.18. The molecule has 2 heterocycles. The molecule has 0 saturated carbocycles. The van der Waals surface area contributed by atoms with Crippen molar-refractivity contribution in [2.24, 2.45) is 0 Å². The molecule has 6 heteroatoms. The van der Waals surface area contributed by atoms with Crippen LogP contribution in [0.25, 0.3) is 5.95 Å². The summed E-state index contributed by atoms with van der Waals surface area (Å²) in [5, 5.41) is 4.59. The standard InChI is InChI=1S/C10H12ClN5/c1-3-7(2)8-14-9(11)16(15-8)10-12-5-4-6-13-10/h4-7H,3H2,1-2H3. The molecule has 0 aliphatic carbocycles. The summed E-state index contributed by atoms with van der Waals surface area (Å²) in [4.78, 5) is 12.3. The Labute approximate surface area is 98.5 Å². The van der Waals surface area contributed by atoms with Gasteiger partial charge in [0.05, 0.1) is 0 Å². The van der Waals surface area contributed by atoms with Crippen LogP contribution < -0.4 is 0 Å². The number of halogens is 1. The van der Waals surface area contributed by atoms with Crippen LogP contribution in [0.3, 0.4) is 0 Å². The van der Waals surface area contributed by atoms with Crippen LogP contribution in [0.15, 0.2) is 18.5 Å². The summed E-state index contributed by atoms with van der Waals surface area (Å²) in [5.41, 5.74) is 0. The van der Waals surface area contributed by atoms with Gasteiger partial charge in [-0.25, -0.2) is 15.0 Å². The second-order valence-corrected chi connectivity index (χ2v) is 3.85. The summed E-state index contributed by atoms with van der Waals surface area (Å²) in [6, 6.07) is 1.74. The maximum absolute atomic E-state index is 5.99. The summed E-state index contributed by atoms with van der Waals surface area (Å²) in [6.07, 6.45) is 4.25. The minimum absolute atomic E-state index is 0.280. The topological polar surface area (TPSA) is 56.5 Å². The third-order valence-corrected chi connectivity index (χ3v) is 2.62. The molecule has 5 nitrogen and oxygen atoms in total. The Morgan fingerprint density at radius 2 is 2.06 bits per heavy atom. The predicted octanol–water partition coefficient (Wildman–Crippen LogP) is 2.22. The van der Waals surface area contributed by atoms with E-state index in [1.54, 1.807) is 18.5 Å². The first-order valence-corrected chi connectivity index (χ1v) is 5.50. The number of hydrogen-bond acceptors (Lipinski definition) is 4. The van der Waals surface area contributed by atoms with Gasteiger partial charge < -0.3 is 0 Å². The third-order valence-electron chi connectivity index (χ3n) is 2.38. The molecular weight excluding hydrogens is 226 g/mol. The van der Waals surface area contributed by atoms with Crippen LogP contribution in [0.4, 0.5) is 0 Å². The molecule has 2 rings (SSSR count). The molecule has 2 aromatic rings. The molecule has 1 unspecified atom stereocenters. The van der Waals surface area contributed by atoms with Crippen molar-refractivity contribution in [2.75, 3.05) is 0 Å². The Morgan fingerprint density at radius 1 is 1.38 bits per heavy atom. The summed E-state index contributed by atoms with van der Waals surface area (Å²) in [6.45, 7) is 4.14. The summed E-state index contributed by atoms with van der Waals surface area (Å²) in [5.74, 6) is 1.44. The van der Waals surface area contributed by atoms with Gasteiger partial charge in [-0.05, 0) is 24.1 Å². The van der Waals surface area contributed by atoms with Crippen LogP contribution in [0.5, 0.6) is 0 Å². The minimum Gasteiger partial charge on any atom is -0.220 e. The normalized spacial score (nSPS) is 12.7. The van der Waals surface area contributed by atoms with Crippen molar-refractivity contribution in [1.29, 1.82) is 0 Å². The highest BCUT2D eigenvalue weighted by Gasteiger charge is 2.14. The zero-order chi connectivity index (χ0) is 11.5. The second-order valence-electron chi connectivity index (χ2n) is 3.51. The molecule has 1 atom stereocenters. The van der Waals surface area contributed by atoms with E-state index in [9.17, 15) is 0 Å². The molecule has 0 aliphatic rings. The van der Waals surface area contributed by atoms with Crippen molar-refractivity contribution < 1.29 is 0 Å². The minimum atomic E-state index is 0.280. The SMILES string of the molecule is CCC(C)c1nc(Cl)n(-c2ncccn2)n1. The molecule has 16 heavy (non-hydrogen) atoms. The van der Waals surface area contributed by atoms with Crippen LogP contribution in [-0.4, -0.2) is 24.7 Å². The van der Waals surface area contributed by atoms with E-state index in [-0.39, 0.29) is 5.92 Å². The van der Waals surface area contributed by atoms with Gasteiger partial charge >= 0.3 is 0 Å². The maximum Gasteiger partial charge on any atom is 0.253 e. The van der Waals surface area contributed by atoms with Gasteiger partial charge in [-0.15, -0.1) is 5.10 Å². The van der Waals surface area contributed by atoms with Gasteiger partial charge in [-0.2, -0.15) is 4.68 Å². The van der Waals surface area contributed by atoms with E-state index >= 15 is 0 Å². The van der Waals surface area contributed by atoms with Crippen molar-refractivity contribution in [2.45, 2.75) is 26.2 Å². The Morgan fingerprint density at radius 3 is 2.69 bits per heavy atom. The fourth-order valence-corrected chi connectivity index (χ4v) is 1.43. The van der Waals surface area contributed by atoms with Gasteiger partial charge in [0.1, 0.15) is 0 Å². The molecule has 0 fully saturated rings. The van der Waals surface area contributed by atoms with E-state index < -0.39 is 0 Å². The van der Waals surface area contributed by atoms with Crippen LogP contribution in [0, 0.1) is 0 Å². The van der Waals surface area contributed by atoms with Gasteiger partial charge in [0.15, 0.2) is 5.82 Å². The lowest BCUT2D eigenvalue weighted by molar-refractivity contribution is 0.667. The van der Waals surface area contributed by atoms with Crippen molar-refractivity contribution >= 4 is 11.6 Å². The summed E-state index contributed by atoms with van der Waals surface area (Å²) < 4.78 is 1.45. The van der Waals surface area contributed by atoms with E-state index in [2.05, 4.69) is 33.9 Å². The molecule has 84 valence electrons. The molecule has 2 aromatic heterocycles. The van der Waals surface area contributed by atoms with Crippen LogP contribution in [0.2, 0.25) is 5.28 Å². The van der Waals surface area contributed by atoms with Gasteiger partial charge in [0.25, 0.3) is 5.95 Å². The Balaban J connectivity index is 2.40. The Hall–Kier alpha value is -1.49. The van der Waals surface area contributed by atoms with Crippen molar-refractivity contribution in [3.63, 3.8) is 0 Å². The molecular formula is C10H12ClN5. The van der Waals surface area contributed by atoms with Gasteiger partial charge in [-0.3, -0.25) is 0 Å². The lowest BCUT2D eigenvalue weighted by Crippen LogP contribution is -2.03. The quantitative estimate of drug-likeness (QED) is 0.822. The van der Waals surface area contributed by atoms with Crippen molar-refractivity contribution in [3.8, 4) is 5.95 Å². The fourth-order valence-electron chi connectivity index (χ4n) is 1.23. The third kappa shape index (κ3) is 2.04. The summed E-state index contributed by atoms with van der Waals surface area (Å²) in [7, 11) is 0. The molecule has 0 spiro atoms. The number of rotatable bonds is 3. The van der Waals surface area contributed by atoms with E-state index in [0.29, 0.717) is 11.2 Å². The molecule has 0 aromatic carbocycles. The van der Waals surface area contributed by atoms with Crippen LogP contribution in [0.1, 0.15) is 32.0 Å². The number of nitrogens with zero attached hydrogens (tertiary/aromatic N) is 5. The van der Waals surface area contributed by atoms with Crippen molar-refractivity contribution in [3.05, 3.63) is 29.6 Å². The van der Waals surface area contributed by atoms with E-state index in [1.807, 2.05) is 0 Å². The number of aromatic nitrogens is 5. The van der Waals surface area contributed by atoms with Gasteiger partial charge in [0.2, 0.25) is 5.28 Å². The first kappa shape index (κ1) is 11.0. The summed E-state index contributed by atoms with van der Waals surface area (Å²) >= 11 is 5.99. The second kappa shape index (κ2) is 4.57. The lowest BCUT2D eigenvalue weighted by Gasteiger charge is -2.00. The molecule has 0 N–H and O–H groups in total. The van der Waals surface area contributed by atoms with Crippen LogP contribution in [-0.2, 0) is 0 Å². The lowest BCUT2D eigenvalue weighted by atomic mass is 10.1. The van der Waals surface area contributed by atoms with E-state index in [4.69, 9.17) is 11.6 Å². The average Bonchev–Trinajstić information content (AvgIpc) is 2.71. The van der Waals surface area contributed by atoms with E-state index in [0.717, 1.165) is 12.2 Å². The highest BCUT2D eigenvalue weighted by molar-refractivity contribution is 6.28. The maximum atomic E-state index is 5.99. The highest BCUT2D eigenvalue weighted by atomic mass is 35.5. The molecule has 0 aliphatic heterocycles. The van der Waals surface area contributed by atoms with Crippen molar-refractivity contribution in [1.82, 2.24) is 24.7 Å². The van der Waals surface area contributed by atoms with Gasteiger partial charge in [0, 0.05) is 18.3 Å². The first-order valence-electron chi connectivity index (χ1n) is 5.12. The average molecular weight is 238 g/mol. The van der Waals surface area contributed by atoms with Gasteiger partial charge in [-0.1, -0.05) is 13.8 Å². The molecule has 0 amide bonds. The molecule has 0 bridgehead atoms. The molecule has 0 saturated heterocycles. The fraction of sp³-hybridized carbons (Fsp3) is 0.400. The number of hydrogen-bond donors (Lipinski definition) is 0. The van der Waals surface area contributed by atoms with Crippen LogP contribution >= 0.6 is 11.6 Å². The monoisotopic (exact) mass is 237 g/mol. The molecule has 0 radical (unpaired) electrons. The smallest absolute Gasteiger partial charge is 0.220 e. The largest absolute Gasteiger partial charge is 0.253 e. The Kier molecular flexibility index (Phi) is 3.14. The van der Waals surface area contributed by atoms with E-state index in [1.165, 1.54) is 4.68 Å². The predicted molar refractivity (Wildman–Crippen MR) is 60.7 cm³/mol. The Bertz CT molecular complexity index is 467. The zero-order valence-electron chi connectivity index (χ0n) is 9.13. The first-order chi connectivity index (χ1) is 7.72. The zero-order valence-corrected chi connectivity index (χ0v) is 9.89.